The van der Waals surface area contributed by atoms with E-state index in [1.165, 1.54) is 5.69 Å². The Bertz CT molecular complexity index is 609. The predicted octanol–water partition coefficient (Wildman–Crippen LogP) is 3.38. The van der Waals surface area contributed by atoms with Crippen molar-refractivity contribution in [3.8, 4) is 0 Å². The molecule has 102 valence electrons. The monoisotopic (exact) mass is 267 g/mol. The van der Waals surface area contributed by atoms with E-state index in [9.17, 15) is 4.79 Å². The highest BCUT2D eigenvalue weighted by atomic mass is 16.4. The summed E-state index contributed by atoms with van der Waals surface area (Å²) in [6.45, 7) is 1.97. The van der Waals surface area contributed by atoms with E-state index < -0.39 is 5.97 Å². The second kappa shape index (κ2) is 5.37. The molecule has 0 radical (unpaired) electrons. The van der Waals surface area contributed by atoms with Gasteiger partial charge in [0.15, 0.2) is 0 Å². The third kappa shape index (κ3) is 2.52. The lowest BCUT2D eigenvalue weighted by Gasteiger charge is -2.18. The van der Waals surface area contributed by atoms with Crippen molar-refractivity contribution < 1.29 is 9.90 Å². The van der Waals surface area contributed by atoms with Crippen LogP contribution in [0.5, 0.6) is 0 Å². The lowest BCUT2D eigenvalue weighted by Crippen LogP contribution is -2.18. The summed E-state index contributed by atoms with van der Waals surface area (Å²) in [6.07, 6.45) is 1.07. The van der Waals surface area contributed by atoms with Gasteiger partial charge in [0.25, 0.3) is 0 Å². The molecule has 3 nitrogen and oxygen atoms in total. The molecule has 3 heteroatoms. The number of para-hydroxylation sites is 1. The van der Waals surface area contributed by atoms with E-state index in [1.54, 1.807) is 6.07 Å². The lowest BCUT2D eigenvalue weighted by molar-refractivity contribution is 0.0696. The van der Waals surface area contributed by atoms with Crippen molar-refractivity contribution in [1.29, 1.82) is 0 Å². The van der Waals surface area contributed by atoms with Crippen molar-refractivity contribution in [3.05, 3.63) is 65.7 Å². The first-order chi connectivity index (χ1) is 9.74. The average molecular weight is 267 g/mol. The fourth-order valence-electron chi connectivity index (χ4n) is 2.83. The molecule has 2 aromatic rings. The highest BCUT2D eigenvalue weighted by molar-refractivity contribution is 5.87. The number of carbonyl (C=O) groups is 1. The summed E-state index contributed by atoms with van der Waals surface area (Å²) in [5, 5.41) is 9.07. The van der Waals surface area contributed by atoms with E-state index in [4.69, 9.17) is 5.11 Å². The first-order valence-corrected chi connectivity index (χ1v) is 6.87. The Morgan fingerprint density at radius 3 is 2.65 bits per heavy atom. The number of carboxylic acid groups (broad SMARTS) is 1. The predicted molar refractivity (Wildman–Crippen MR) is 79.4 cm³/mol. The van der Waals surface area contributed by atoms with E-state index in [-0.39, 0.29) is 0 Å². The van der Waals surface area contributed by atoms with Crippen molar-refractivity contribution in [2.45, 2.75) is 12.3 Å². The number of aromatic carboxylic acids is 1. The lowest BCUT2D eigenvalue weighted by atomic mass is 9.97. The van der Waals surface area contributed by atoms with Gasteiger partial charge in [0.05, 0.1) is 5.56 Å². The van der Waals surface area contributed by atoms with Crippen molar-refractivity contribution in [2.24, 2.45) is 0 Å². The molecule has 1 saturated heterocycles. The molecule has 1 atom stereocenters. The minimum Gasteiger partial charge on any atom is -0.478 e. The van der Waals surface area contributed by atoms with E-state index in [2.05, 4.69) is 17.0 Å². The number of rotatable bonds is 3. The Labute approximate surface area is 118 Å². The van der Waals surface area contributed by atoms with Crippen molar-refractivity contribution in [1.82, 2.24) is 0 Å². The fraction of sp³-hybridized carbons (Fsp3) is 0.235. The van der Waals surface area contributed by atoms with Crippen molar-refractivity contribution in [2.75, 3.05) is 18.0 Å². The van der Waals surface area contributed by atoms with Gasteiger partial charge in [-0.1, -0.05) is 30.3 Å². The van der Waals surface area contributed by atoms with E-state index in [1.807, 2.05) is 36.4 Å². The molecule has 0 spiro atoms. The van der Waals surface area contributed by atoms with E-state index in [0.717, 1.165) is 25.1 Å². The van der Waals surface area contributed by atoms with Crippen LogP contribution in [0.25, 0.3) is 0 Å². The Kier molecular flexibility index (Phi) is 3.42. The van der Waals surface area contributed by atoms with Crippen LogP contribution in [0.4, 0.5) is 5.69 Å². The third-order valence-corrected chi connectivity index (χ3v) is 3.91. The highest BCUT2D eigenvalue weighted by Crippen LogP contribution is 2.30. The second-order valence-corrected chi connectivity index (χ2v) is 5.20. The van der Waals surface area contributed by atoms with Gasteiger partial charge >= 0.3 is 5.97 Å². The Morgan fingerprint density at radius 1 is 1.10 bits per heavy atom. The molecule has 0 saturated carbocycles. The number of nitrogens with zero attached hydrogens (tertiary/aromatic N) is 1. The van der Waals surface area contributed by atoms with E-state index in [0.29, 0.717) is 11.5 Å². The van der Waals surface area contributed by atoms with Crippen LogP contribution in [0.3, 0.4) is 0 Å². The van der Waals surface area contributed by atoms with Crippen LogP contribution in [0.15, 0.2) is 54.6 Å². The number of carboxylic acids is 1. The van der Waals surface area contributed by atoms with Crippen LogP contribution in [-0.4, -0.2) is 24.2 Å². The summed E-state index contributed by atoms with van der Waals surface area (Å²) in [4.78, 5) is 13.4. The third-order valence-electron chi connectivity index (χ3n) is 3.91. The molecule has 1 unspecified atom stereocenters. The molecule has 1 aliphatic rings. The van der Waals surface area contributed by atoms with Gasteiger partial charge in [-0.05, 0) is 36.2 Å². The molecule has 0 aliphatic carbocycles. The van der Waals surface area contributed by atoms with E-state index >= 15 is 0 Å². The van der Waals surface area contributed by atoms with Crippen LogP contribution < -0.4 is 4.90 Å². The largest absolute Gasteiger partial charge is 0.478 e. The summed E-state index contributed by atoms with van der Waals surface area (Å²) < 4.78 is 0. The zero-order chi connectivity index (χ0) is 13.9. The van der Waals surface area contributed by atoms with Gasteiger partial charge in [0.1, 0.15) is 0 Å². The minimum absolute atomic E-state index is 0.376. The number of anilines is 1. The van der Waals surface area contributed by atoms with Crippen molar-refractivity contribution >= 4 is 11.7 Å². The number of hydrogen-bond acceptors (Lipinski definition) is 2. The summed E-state index contributed by atoms with van der Waals surface area (Å²) in [5.41, 5.74) is 2.74. The van der Waals surface area contributed by atoms with Gasteiger partial charge in [-0.25, -0.2) is 4.79 Å². The fourth-order valence-corrected chi connectivity index (χ4v) is 2.83. The van der Waals surface area contributed by atoms with Crippen LogP contribution >= 0.6 is 0 Å². The van der Waals surface area contributed by atoms with Gasteiger partial charge < -0.3 is 10.0 Å². The molecule has 0 aromatic heterocycles. The molecule has 2 aromatic carbocycles. The maximum atomic E-state index is 11.0. The highest BCUT2D eigenvalue weighted by Gasteiger charge is 2.24. The zero-order valence-electron chi connectivity index (χ0n) is 11.2. The van der Waals surface area contributed by atoms with Gasteiger partial charge in [0, 0.05) is 24.7 Å². The molecular formula is C17H17NO2. The number of hydrogen-bond donors (Lipinski definition) is 1. The van der Waals surface area contributed by atoms with Gasteiger partial charge in [-0.3, -0.25) is 0 Å². The Hall–Kier alpha value is -2.29. The number of benzene rings is 2. The molecule has 0 amide bonds. The Morgan fingerprint density at radius 2 is 1.90 bits per heavy atom. The van der Waals surface area contributed by atoms with Crippen LogP contribution in [0.1, 0.15) is 28.3 Å². The topological polar surface area (TPSA) is 40.5 Å². The van der Waals surface area contributed by atoms with Gasteiger partial charge in [0.2, 0.25) is 0 Å². The van der Waals surface area contributed by atoms with Crippen LogP contribution in [0, 0.1) is 0 Å². The first kappa shape index (κ1) is 12.7. The smallest absolute Gasteiger partial charge is 0.335 e. The van der Waals surface area contributed by atoms with Crippen LogP contribution in [0.2, 0.25) is 0 Å². The van der Waals surface area contributed by atoms with Crippen LogP contribution in [-0.2, 0) is 0 Å². The average Bonchev–Trinajstić information content (AvgIpc) is 2.98. The molecule has 1 fully saturated rings. The zero-order valence-corrected chi connectivity index (χ0v) is 11.2. The summed E-state index contributed by atoms with van der Waals surface area (Å²) in [6, 6.07) is 17.7. The molecule has 1 N–H and O–H groups in total. The summed E-state index contributed by atoms with van der Waals surface area (Å²) in [7, 11) is 0. The van der Waals surface area contributed by atoms with Gasteiger partial charge in [-0.15, -0.1) is 0 Å². The summed E-state index contributed by atoms with van der Waals surface area (Å²) >= 11 is 0. The molecule has 1 aliphatic heterocycles. The molecule has 0 bridgehead atoms. The summed E-state index contributed by atoms with van der Waals surface area (Å²) in [5.74, 6) is -0.445. The second-order valence-electron chi connectivity index (χ2n) is 5.20. The molecule has 1 heterocycles. The standard InChI is InChI=1S/C17H17NO2/c19-17(20)14-6-4-5-13(11-14)15-9-10-18(12-15)16-7-2-1-3-8-16/h1-8,11,15H,9-10,12H2,(H,19,20). The first-order valence-electron chi connectivity index (χ1n) is 6.87. The normalized spacial score (nSPS) is 18.2. The molecule has 3 rings (SSSR count). The minimum atomic E-state index is -0.857. The maximum absolute atomic E-state index is 11.0. The molecule has 20 heavy (non-hydrogen) atoms. The maximum Gasteiger partial charge on any atom is 0.335 e. The quantitative estimate of drug-likeness (QED) is 0.926. The molecular weight excluding hydrogens is 250 g/mol. The van der Waals surface area contributed by atoms with Crippen molar-refractivity contribution in [3.63, 3.8) is 0 Å². The van der Waals surface area contributed by atoms with Gasteiger partial charge in [-0.2, -0.15) is 0 Å². The Balaban J connectivity index is 1.77. The SMILES string of the molecule is O=C(O)c1cccc(C2CCN(c3ccccc3)C2)c1.